The average molecular weight is 1050 g/mol. The Kier molecular flexibility index (Phi) is 12.2. The Hall–Kier alpha value is -8.50. The van der Waals surface area contributed by atoms with Gasteiger partial charge in [0.1, 0.15) is 29.9 Å². The van der Waals surface area contributed by atoms with Gasteiger partial charge in [0.25, 0.3) is 0 Å². The normalized spacial score (nSPS) is 22.9. The molecule has 0 N–H and O–H groups in total. The van der Waals surface area contributed by atoms with Crippen molar-refractivity contribution in [1.82, 2.24) is 53.9 Å². The Morgan fingerprint density at radius 3 is 1.76 bits per heavy atom. The summed E-state index contributed by atoms with van der Waals surface area (Å²) < 4.78 is 35.2. The fourth-order valence-electron chi connectivity index (χ4n) is 12.6. The van der Waals surface area contributed by atoms with Crippen molar-refractivity contribution in [2.45, 2.75) is 75.2 Å². The van der Waals surface area contributed by atoms with Crippen LogP contribution < -0.4 is 29.1 Å². The monoisotopic (exact) mass is 1050 g/mol. The van der Waals surface area contributed by atoms with Crippen molar-refractivity contribution in [3.8, 4) is 46.3 Å². The van der Waals surface area contributed by atoms with Crippen LogP contribution in [0, 0.1) is 22.7 Å². The fourth-order valence-corrected chi connectivity index (χ4v) is 12.6. The van der Waals surface area contributed by atoms with Crippen molar-refractivity contribution >= 4 is 34.0 Å². The van der Waals surface area contributed by atoms with Crippen LogP contribution in [0.25, 0.3) is 33.4 Å². The number of methoxy groups -OCH3 is 1. The summed E-state index contributed by atoms with van der Waals surface area (Å²) >= 11 is 0. The van der Waals surface area contributed by atoms with Gasteiger partial charge in [-0.3, -0.25) is 14.8 Å². The summed E-state index contributed by atoms with van der Waals surface area (Å²) in [4.78, 5) is 37.8. The molecule has 16 heterocycles. The van der Waals surface area contributed by atoms with E-state index in [1.54, 1.807) is 30.2 Å². The molecule has 0 spiro atoms. The number of alkyl halides is 1. The molecule has 8 aliphatic heterocycles. The SMILES string of the molecule is COc1ccc(CN2C3CC2CN(c2ccc(-c4cc(N5CCC(OCOc6ccc(CN7C8CC7CN(c7cnc(-c9cc(N%10CCC(F)C%10)cn%10ncc(C#N)c9%10)cn7)C8)cn6)C5)cn5ncc(C#N)c45)cn2)C3)cn1. The van der Waals surface area contributed by atoms with Crippen LogP contribution in [0.4, 0.5) is 27.4 Å². The molecule has 0 saturated carbocycles. The molecular weight excluding hydrogens is 990 g/mol. The minimum atomic E-state index is -0.867. The van der Waals surface area contributed by atoms with Gasteiger partial charge >= 0.3 is 0 Å². The third-order valence-corrected chi connectivity index (χ3v) is 16.8. The largest absolute Gasteiger partial charge is 0.481 e. The second-order valence-electron chi connectivity index (χ2n) is 21.4. The van der Waals surface area contributed by atoms with E-state index >= 15 is 0 Å². The van der Waals surface area contributed by atoms with Gasteiger partial charge in [-0.2, -0.15) is 20.7 Å². The van der Waals surface area contributed by atoms with E-state index in [2.05, 4.69) is 87.1 Å². The Morgan fingerprint density at radius 1 is 0.590 bits per heavy atom. The number of rotatable bonds is 15. The first-order chi connectivity index (χ1) is 38.3. The van der Waals surface area contributed by atoms with Crippen LogP contribution in [-0.2, 0) is 17.8 Å². The Balaban J connectivity index is 0.563. The number of aromatic nitrogens is 9. The van der Waals surface area contributed by atoms with Gasteiger partial charge in [0.2, 0.25) is 11.8 Å². The number of piperidine rings is 2. The number of hydrogen-bond acceptors (Lipinski definition) is 18. The lowest BCUT2D eigenvalue weighted by Gasteiger charge is -2.56. The van der Waals surface area contributed by atoms with Crippen LogP contribution in [0.15, 0.2) is 104 Å². The average Bonchev–Trinajstić information content (AvgIpc) is 4.44. The van der Waals surface area contributed by atoms with Crippen LogP contribution in [0.5, 0.6) is 11.8 Å². The molecule has 394 valence electrons. The zero-order valence-corrected chi connectivity index (χ0v) is 43.1. The van der Waals surface area contributed by atoms with Crippen molar-refractivity contribution in [2.24, 2.45) is 0 Å². The van der Waals surface area contributed by atoms with E-state index in [4.69, 9.17) is 29.2 Å². The van der Waals surface area contributed by atoms with Gasteiger partial charge in [0.15, 0.2) is 6.79 Å². The third kappa shape index (κ3) is 8.86. The van der Waals surface area contributed by atoms with Gasteiger partial charge in [-0.05, 0) is 61.1 Å². The summed E-state index contributed by atoms with van der Waals surface area (Å²) in [6.07, 6.45) is 19.1. The van der Waals surface area contributed by atoms with Crippen molar-refractivity contribution in [1.29, 1.82) is 10.5 Å². The zero-order valence-electron chi connectivity index (χ0n) is 43.1. The molecule has 8 saturated heterocycles. The number of anilines is 4. The summed E-state index contributed by atoms with van der Waals surface area (Å²) in [6.45, 7) is 7.71. The van der Waals surface area contributed by atoms with Crippen molar-refractivity contribution in [3.63, 3.8) is 0 Å². The van der Waals surface area contributed by atoms with Crippen LogP contribution in [0.2, 0.25) is 0 Å². The number of ether oxygens (including phenoxy) is 3. The fraction of sp³-hybridized carbons (Fsp3) is 0.386. The Labute approximate surface area is 449 Å². The molecule has 0 aromatic carbocycles. The van der Waals surface area contributed by atoms with Crippen LogP contribution in [0.1, 0.15) is 47.9 Å². The smallest absolute Gasteiger partial charge is 0.215 e. The lowest BCUT2D eigenvalue weighted by atomic mass is 9.87. The van der Waals surface area contributed by atoms with Crippen molar-refractivity contribution in [3.05, 3.63) is 127 Å². The number of halogens is 1. The van der Waals surface area contributed by atoms with Gasteiger partial charge in [0.05, 0.1) is 89.6 Å². The summed E-state index contributed by atoms with van der Waals surface area (Å²) in [6, 6.07) is 22.6. The molecule has 0 aliphatic carbocycles. The van der Waals surface area contributed by atoms with Crippen molar-refractivity contribution in [2.75, 3.05) is 85.9 Å². The Bertz CT molecular complexity index is 3580. The van der Waals surface area contributed by atoms with E-state index in [9.17, 15) is 14.9 Å². The number of fused-ring (bicyclic) bond motifs is 6. The molecule has 0 amide bonds. The number of hydrogen-bond donors (Lipinski definition) is 0. The molecule has 4 bridgehead atoms. The van der Waals surface area contributed by atoms with Gasteiger partial charge in [-0.25, -0.2) is 33.4 Å². The molecule has 6 unspecified atom stereocenters. The van der Waals surface area contributed by atoms with Crippen LogP contribution >= 0.6 is 0 Å². The predicted molar refractivity (Wildman–Crippen MR) is 288 cm³/mol. The first-order valence-electron chi connectivity index (χ1n) is 26.8. The van der Waals surface area contributed by atoms with Crippen LogP contribution in [-0.4, -0.2) is 157 Å². The molecule has 8 aromatic rings. The predicted octanol–water partition coefficient (Wildman–Crippen LogP) is 6.15. The number of pyridine rings is 5. The van der Waals surface area contributed by atoms with E-state index in [0.29, 0.717) is 84.3 Å². The number of nitriles is 2. The highest BCUT2D eigenvalue weighted by Gasteiger charge is 2.46. The quantitative estimate of drug-likeness (QED) is 0.106. The van der Waals surface area contributed by atoms with Crippen molar-refractivity contribution < 1.29 is 18.6 Å². The van der Waals surface area contributed by atoms with Crippen LogP contribution in [0.3, 0.4) is 0 Å². The Morgan fingerprint density at radius 2 is 1.19 bits per heavy atom. The molecule has 78 heavy (non-hydrogen) atoms. The highest BCUT2D eigenvalue weighted by molar-refractivity contribution is 5.87. The highest BCUT2D eigenvalue weighted by atomic mass is 19.1. The molecule has 21 heteroatoms. The van der Waals surface area contributed by atoms with Gasteiger partial charge in [0, 0.05) is 137 Å². The number of piperazine rings is 2. The maximum atomic E-state index is 14.2. The molecular formula is C57H56FN17O3. The van der Waals surface area contributed by atoms with Gasteiger partial charge in [-0.15, -0.1) is 0 Å². The minimum absolute atomic E-state index is 0.0406. The van der Waals surface area contributed by atoms with E-state index in [-0.39, 0.29) is 12.9 Å². The topological polar surface area (TPSA) is 194 Å². The third-order valence-electron chi connectivity index (χ3n) is 16.8. The van der Waals surface area contributed by atoms with Gasteiger partial charge < -0.3 is 33.8 Å². The molecule has 8 aromatic heterocycles. The van der Waals surface area contributed by atoms with E-state index in [1.807, 2.05) is 64.8 Å². The maximum absolute atomic E-state index is 14.2. The maximum Gasteiger partial charge on any atom is 0.215 e. The second kappa shape index (κ2) is 19.8. The standard InChI is InChI=1S/C57H56FN17O3/c1-76-54-6-2-36(18-64-54)25-72-44-12-45(72)29-70(28-44)52-5-4-38(20-62-52)49-14-42(32-74-56(49)39(16-59)21-66-74)69-11-9-48(34-69)77-35-78-55-7-3-37(19-65-55)26-73-46-13-47(73)31-71(30-46)53-24-61-51(23-63-53)50-15-43(68-10-8-41(58)27-68)33-75-57(50)40(17-60)22-67-75/h2-7,14-15,18-24,32-33,41,44-48H,8-13,25-31,34-35H2,1H3. The first-order valence-corrected chi connectivity index (χ1v) is 26.8. The summed E-state index contributed by atoms with van der Waals surface area (Å²) in [5.74, 6) is 2.92. The molecule has 0 radical (unpaired) electrons. The lowest BCUT2D eigenvalue weighted by molar-refractivity contribution is -0.0283. The minimum Gasteiger partial charge on any atom is -0.481 e. The van der Waals surface area contributed by atoms with E-state index in [0.717, 1.165) is 109 Å². The molecule has 6 atom stereocenters. The second-order valence-corrected chi connectivity index (χ2v) is 21.4. The highest BCUT2D eigenvalue weighted by Crippen LogP contribution is 2.39. The summed E-state index contributed by atoms with van der Waals surface area (Å²) in [5, 5.41) is 28.9. The lowest BCUT2D eigenvalue weighted by Crippen LogP contribution is -2.68. The summed E-state index contributed by atoms with van der Waals surface area (Å²) in [7, 11) is 1.64. The van der Waals surface area contributed by atoms with E-state index < -0.39 is 6.17 Å². The molecule has 16 rings (SSSR count). The van der Waals surface area contributed by atoms with E-state index in [1.165, 1.54) is 12.0 Å². The first kappa shape index (κ1) is 47.9. The van der Waals surface area contributed by atoms with Gasteiger partial charge in [-0.1, -0.05) is 12.1 Å². The molecule has 20 nitrogen and oxygen atoms in total. The molecule has 8 fully saturated rings. The summed E-state index contributed by atoms with van der Waals surface area (Å²) in [5.41, 5.74) is 9.76. The zero-order chi connectivity index (χ0) is 52.4. The number of nitrogens with zero attached hydrogens (tertiary/aromatic N) is 17. The molecule has 8 aliphatic rings.